The van der Waals surface area contributed by atoms with Gasteiger partial charge in [-0.3, -0.25) is 4.90 Å². The second kappa shape index (κ2) is 9.70. The molecule has 0 aliphatic carbocycles. The Balaban J connectivity index is 1.33. The van der Waals surface area contributed by atoms with E-state index < -0.39 is 31.0 Å². The molecule has 2 saturated heterocycles. The molecule has 2 atom stereocenters. The zero-order valence-electron chi connectivity index (χ0n) is 20.9. The van der Waals surface area contributed by atoms with Crippen molar-refractivity contribution >= 4 is 22.5 Å². The zero-order valence-corrected chi connectivity index (χ0v) is 20.9. The Morgan fingerprint density at radius 2 is 2.05 bits per heavy atom. The lowest BCUT2D eigenvalue weighted by Crippen LogP contribution is -2.57. The van der Waals surface area contributed by atoms with E-state index >= 15 is 4.39 Å². The molecule has 38 heavy (non-hydrogen) atoms. The zero-order chi connectivity index (χ0) is 26.6. The van der Waals surface area contributed by atoms with Gasteiger partial charge in [-0.25, -0.2) is 27.1 Å². The second-order valence-corrected chi connectivity index (χ2v) is 9.70. The molecular weight excluding hydrogens is 506 g/mol. The highest BCUT2D eigenvalue weighted by Crippen LogP contribution is 2.36. The van der Waals surface area contributed by atoms with Crippen LogP contribution in [-0.2, 0) is 11.3 Å². The van der Waals surface area contributed by atoms with Gasteiger partial charge in [0.1, 0.15) is 17.5 Å². The van der Waals surface area contributed by atoms with Crippen LogP contribution in [0.5, 0.6) is 5.88 Å². The Morgan fingerprint density at radius 3 is 2.74 bits per heavy atom. The number of anilines is 1. The standard InChI is InChI=1S/C25H27F4N7O2/c1-13-30-19-4-3-14(7-20(19)35(13)10-21(28)29)22-17(27)9-36-23(22)24(37-2)32-25(33-36)31-18-5-6-34(8-16(18)26)15-11-38-12-15/h3-4,7,9,15-16,18,21H,5-6,8,10-12H2,1-2H3,(H,31,33)/t16-,18-/m0/s1. The van der Waals surface area contributed by atoms with Crippen molar-refractivity contribution in [2.24, 2.45) is 0 Å². The number of rotatable bonds is 7. The molecule has 0 spiro atoms. The third-order valence-electron chi connectivity index (χ3n) is 7.32. The fourth-order valence-corrected chi connectivity index (χ4v) is 5.29. The Kier molecular flexibility index (Phi) is 6.34. The first-order chi connectivity index (χ1) is 18.3. The minimum atomic E-state index is -2.57. The summed E-state index contributed by atoms with van der Waals surface area (Å²) in [6, 6.07) is 4.71. The summed E-state index contributed by atoms with van der Waals surface area (Å²) < 4.78 is 70.1. The molecule has 2 fully saturated rings. The Morgan fingerprint density at radius 1 is 1.24 bits per heavy atom. The summed E-state index contributed by atoms with van der Waals surface area (Å²) >= 11 is 0. The Hall–Kier alpha value is -3.45. The summed E-state index contributed by atoms with van der Waals surface area (Å²) in [7, 11) is 1.40. The van der Waals surface area contributed by atoms with Crippen LogP contribution in [0.25, 0.3) is 27.7 Å². The number of benzene rings is 1. The van der Waals surface area contributed by atoms with Gasteiger partial charge in [0, 0.05) is 13.1 Å². The molecule has 3 aromatic heterocycles. The molecule has 9 nitrogen and oxygen atoms in total. The number of aryl methyl sites for hydroxylation is 1. The number of methoxy groups -OCH3 is 1. The molecular formula is C25H27F4N7O2. The van der Waals surface area contributed by atoms with E-state index in [0.717, 1.165) is 6.54 Å². The highest BCUT2D eigenvalue weighted by molar-refractivity contribution is 5.90. The fraction of sp³-hybridized carbons (Fsp3) is 0.480. The molecule has 4 aromatic rings. The minimum absolute atomic E-state index is 0.0956. The van der Waals surface area contributed by atoms with Crippen molar-refractivity contribution in [3.05, 3.63) is 36.0 Å². The molecule has 0 bridgehead atoms. The lowest BCUT2D eigenvalue weighted by molar-refractivity contribution is -0.0794. The van der Waals surface area contributed by atoms with Gasteiger partial charge in [0.15, 0.2) is 5.82 Å². The van der Waals surface area contributed by atoms with Gasteiger partial charge < -0.3 is 19.4 Å². The molecule has 0 saturated carbocycles. The maximum atomic E-state index is 15.4. The van der Waals surface area contributed by atoms with E-state index in [4.69, 9.17) is 9.47 Å². The predicted molar refractivity (Wildman–Crippen MR) is 132 cm³/mol. The van der Waals surface area contributed by atoms with Gasteiger partial charge in [-0.05, 0) is 31.0 Å². The van der Waals surface area contributed by atoms with E-state index in [2.05, 4.69) is 25.3 Å². The number of halogens is 4. The van der Waals surface area contributed by atoms with E-state index in [0.29, 0.717) is 42.1 Å². The van der Waals surface area contributed by atoms with Crippen molar-refractivity contribution in [1.29, 1.82) is 0 Å². The number of likely N-dealkylation sites (tertiary alicyclic amines) is 1. The normalized spacial score (nSPS) is 20.9. The minimum Gasteiger partial charge on any atom is -0.479 e. The van der Waals surface area contributed by atoms with Gasteiger partial charge in [-0.1, -0.05) is 6.07 Å². The quantitative estimate of drug-likeness (QED) is 0.363. The largest absolute Gasteiger partial charge is 0.479 e. The summed E-state index contributed by atoms with van der Waals surface area (Å²) in [5.74, 6) is 0.0581. The molecule has 202 valence electrons. The summed E-state index contributed by atoms with van der Waals surface area (Å²) in [4.78, 5) is 10.8. The molecule has 2 aliphatic heterocycles. The van der Waals surface area contributed by atoms with E-state index in [1.807, 2.05) is 0 Å². The number of aromatic nitrogens is 5. The average Bonchev–Trinajstić information content (AvgIpc) is 3.33. The highest BCUT2D eigenvalue weighted by atomic mass is 19.3. The number of nitrogens with zero attached hydrogens (tertiary/aromatic N) is 6. The van der Waals surface area contributed by atoms with Crippen LogP contribution >= 0.6 is 0 Å². The number of imidazole rings is 1. The summed E-state index contributed by atoms with van der Waals surface area (Å²) in [5.41, 5.74) is 1.86. The van der Waals surface area contributed by atoms with Crippen LogP contribution in [-0.4, -0.2) is 87.1 Å². The third-order valence-corrected chi connectivity index (χ3v) is 7.32. The SMILES string of the molecule is COc1nc(N[C@H]2CCN(C3COC3)C[C@@H]2F)nn2cc(F)c(-c3ccc4nc(C)n(CC(F)F)c4c3)c12. The molecule has 6 rings (SSSR count). The maximum absolute atomic E-state index is 15.4. The van der Waals surface area contributed by atoms with E-state index in [1.54, 1.807) is 25.1 Å². The number of hydrogen-bond acceptors (Lipinski definition) is 7. The van der Waals surface area contributed by atoms with Crippen LogP contribution in [0.4, 0.5) is 23.5 Å². The van der Waals surface area contributed by atoms with Crippen molar-refractivity contribution in [2.45, 2.75) is 44.6 Å². The number of ether oxygens (including phenoxy) is 2. The first-order valence-corrected chi connectivity index (χ1v) is 12.4. The fourth-order valence-electron chi connectivity index (χ4n) is 5.29. The monoisotopic (exact) mass is 533 g/mol. The van der Waals surface area contributed by atoms with Gasteiger partial charge >= 0.3 is 0 Å². The lowest BCUT2D eigenvalue weighted by atomic mass is 10.0. The number of nitrogens with one attached hydrogen (secondary N) is 1. The van der Waals surface area contributed by atoms with E-state index in [9.17, 15) is 13.2 Å². The number of fused-ring (bicyclic) bond motifs is 2. The van der Waals surface area contributed by atoms with Crippen molar-refractivity contribution < 1.29 is 27.0 Å². The van der Waals surface area contributed by atoms with Crippen molar-refractivity contribution in [3.63, 3.8) is 0 Å². The third kappa shape index (κ3) is 4.33. The highest BCUT2D eigenvalue weighted by Gasteiger charge is 2.36. The van der Waals surface area contributed by atoms with Crippen LogP contribution in [0.2, 0.25) is 0 Å². The summed E-state index contributed by atoms with van der Waals surface area (Å²) in [6.45, 7) is 3.40. The molecule has 5 heterocycles. The maximum Gasteiger partial charge on any atom is 0.256 e. The topological polar surface area (TPSA) is 81.7 Å². The van der Waals surface area contributed by atoms with Crippen LogP contribution in [0.3, 0.4) is 0 Å². The first kappa shape index (κ1) is 24.9. The van der Waals surface area contributed by atoms with Crippen molar-refractivity contribution in [3.8, 4) is 17.0 Å². The molecule has 2 aliphatic rings. The van der Waals surface area contributed by atoms with Crippen LogP contribution in [0.15, 0.2) is 24.4 Å². The van der Waals surface area contributed by atoms with Crippen molar-refractivity contribution in [2.75, 3.05) is 38.7 Å². The summed E-state index contributed by atoms with van der Waals surface area (Å²) in [6.07, 6.45) is -1.96. The number of hydrogen-bond donors (Lipinski definition) is 1. The average molecular weight is 534 g/mol. The molecule has 0 radical (unpaired) electrons. The molecule has 13 heteroatoms. The van der Waals surface area contributed by atoms with Crippen molar-refractivity contribution in [1.82, 2.24) is 29.0 Å². The van der Waals surface area contributed by atoms with E-state index in [-0.39, 0.29) is 35.5 Å². The van der Waals surface area contributed by atoms with Crippen LogP contribution in [0.1, 0.15) is 12.2 Å². The van der Waals surface area contributed by atoms with Gasteiger partial charge in [0.2, 0.25) is 11.8 Å². The van der Waals surface area contributed by atoms with Gasteiger partial charge in [-0.2, -0.15) is 4.98 Å². The molecule has 0 amide bonds. The Labute approximate surface area is 215 Å². The van der Waals surface area contributed by atoms with Gasteiger partial charge in [-0.15, -0.1) is 5.10 Å². The molecule has 1 N–H and O–H groups in total. The number of piperidine rings is 1. The number of alkyl halides is 3. The van der Waals surface area contributed by atoms with E-state index in [1.165, 1.54) is 22.4 Å². The van der Waals surface area contributed by atoms with Gasteiger partial charge in [0.25, 0.3) is 6.43 Å². The van der Waals surface area contributed by atoms with Crippen LogP contribution < -0.4 is 10.1 Å². The predicted octanol–water partition coefficient (Wildman–Crippen LogP) is 3.69. The summed E-state index contributed by atoms with van der Waals surface area (Å²) in [5, 5.41) is 7.43. The smallest absolute Gasteiger partial charge is 0.256 e. The second-order valence-electron chi connectivity index (χ2n) is 9.70. The molecule has 1 aromatic carbocycles. The Bertz CT molecular complexity index is 1490. The van der Waals surface area contributed by atoms with Crippen LogP contribution in [0, 0.1) is 12.7 Å². The lowest BCUT2D eigenvalue weighted by Gasteiger charge is -2.42. The van der Waals surface area contributed by atoms with Gasteiger partial charge in [0.05, 0.1) is 61.7 Å². The first-order valence-electron chi connectivity index (χ1n) is 12.4. The molecule has 0 unspecified atom stereocenters.